The van der Waals surface area contributed by atoms with Crippen LogP contribution in [0.15, 0.2) is 27.8 Å². The Morgan fingerprint density at radius 1 is 1.24 bits per heavy atom. The first-order chi connectivity index (χ1) is 12.1. The maximum atomic E-state index is 5.63. The number of hydrogen-bond donors (Lipinski definition) is 2. The van der Waals surface area contributed by atoms with Gasteiger partial charge in [-0.3, -0.25) is 9.89 Å². The molecule has 25 heavy (non-hydrogen) atoms. The van der Waals surface area contributed by atoms with Gasteiger partial charge in [0.2, 0.25) is 0 Å². The van der Waals surface area contributed by atoms with E-state index in [4.69, 9.17) is 9.15 Å². The zero-order chi connectivity index (χ0) is 18.5. The lowest BCUT2D eigenvalue weighted by molar-refractivity contribution is 0.128. The average molecular weight is 353 g/mol. The second-order valence-electron chi connectivity index (χ2n) is 6.43. The Bertz CT molecular complexity index is 456. The number of hydrogen-bond acceptors (Lipinski definition) is 4. The summed E-state index contributed by atoms with van der Waals surface area (Å²) < 4.78 is 11.3. The van der Waals surface area contributed by atoms with E-state index in [0.717, 1.165) is 50.9 Å². The molecule has 0 aliphatic heterocycles. The molecular formula is C19H36N4O2. The molecule has 1 unspecified atom stereocenters. The first kappa shape index (κ1) is 21.5. The second kappa shape index (κ2) is 12.8. The van der Waals surface area contributed by atoms with Crippen molar-refractivity contribution < 1.29 is 9.15 Å². The predicted octanol–water partition coefficient (Wildman–Crippen LogP) is 2.89. The highest BCUT2D eigenvalue weighted by Crippen LogP contribution is 2.20. The molecule has 0 bridgehead atoms. The van der Waals surface area contributed by atoms with Crippen LogP contribution >= 0.6 is 0 Å². The molecule has 1 rings (SSSR count). The van der Waals surface area contributed by atoms with Crippen molar-refractivity contribution in [2.45, 2.75) is 40.2 Å². The third-order valence-corrected chi connectivity index (χ3v) is 4.19. The molecule has 0 radical (unpaired) electrons. The minimum atomic E-state index is 0.186. The van der Waals surface area contributed by atoms with Gasteiger partial charge in [-0.1, -0.05) is 27.7 Å². The van der Waals surface area contributed by atoms with Crippen LogP contribution in [-0.2, 0) is 4.74 Å². The van der Waals surface area contributed by atoms with Crippen molar-refractivity contribution in [1.82, 2.24) is 15.5 Å². The molecule has 0 spiro atoms. The van der Waals surface area contributed by atoms with Crippen LogP contribution in [0.2, 0.25) is 0 Å². The van der Waals surface area contributed by atoms with Gasteiger partial charge in [0.1, 0.15) is 5.76 Å². The number of furan rings is 1. The minimum absolute atomic E-state index is 0.186. The molecule has 0 aliphatic rings. The van der Waals surface area contributed by atoms with Gasteiger partial charge in [0.05, 0.1) is 18.9 Å². The molecule has 0 aliphatic carbocycles. The van der Waals surface area contributed by atoms with Gasteiger partial charge in [0.25, 0.3) is 0 Å². The van der Waals surface area contributed by atoms with Crippen LogP contribution in [0, 0.1) is 5.92 Å². The first-order valence-electron chi connectivity index (χ1n) is 9.42. The van der Waals surface area contributed by atoms with Gasteiger partial charge in [-0.2, -0.15) is 0 Å². The second-order valence-corrected chi connectivity index (χ2v) is 6.43. The fourth-order valence-corrected chi connectivity index (χ4v) is 2.63. The molecule has 2 N–H and O–H groups in total. The maximum absolute atomic E-state index is 5.63. The summed E-state index contributed by atoms with van der Waals surface area (Å²) in [6, 6.07) is 4.16. The van der Waals surface area contributed by atoms with E-state index in [0.29, 0.717) is 12.5 Å². The van der Waals surface area contributed by atoms with E-state index in [2.05, 4.69) is 48.2 Å². The molecule has 0 aromatic carbocycles. The van der Waals surface area contributed by atoms with E-state index in [1.807, 2.05) is 12.1 Å². The normalized spacial score (nSPS) is 13.5. The summed E-state index contributed by atoms with van der Waals surface area (Å²) >= 11 is 0. The topological polar surface area (TPSA) is 62.0 Å². The third-order valence-electron chi connectivity index (χ3n) is 4.19. The summed E-state index contributed by atoms with van der Waals surface area (Å²) in [7, 11) is 1.79. The molecular weight excluding hydrogens is 316 g/mol. The molecule has 0 amide bonds. The molecule has 1 aromatic rings. The third kappa shape index (κ3) is 8.40. The van der Waals surface area contributed by atoms with Crippen molar-refractivity contribution in [1.29, 1.82) is 0 Å². The molecule has 6 nitrogen and oxygen atoms in total. The standard InChI is InChI=1S/C19H36N4O2/c1-6-23(7-2)17(18-9-8-12-25-18)15-22-19(20-5)21-11-14-24-13-10-16(3)4/h8-9,12,16-17H,6-7,10-11,13-15H2,1-5H3,(H2,20,21,22). The number of nitrogens with one attached hydrogen (secondary N) is 2. The summed E-state index contributed by atoms with van der Waals surface area (Å²) in [6.07, 6.45) is 2.83. The summed E-state index contributed by atoms with van der Waals surface area (Å²) in [4.78, 5) is 6.66. The van der Waals surface area contributed by atoms with Crippen LogP contribution in [0.4, 0.5) is 0 Å². The fourth-order valence-electron chi connectivity index (χ4n) is 2.63. The van der Waals surface area contributed by atoms with Crippen molar-refractivity contribution in [3.8, 4) is 0 Å². The molecule has 1 atom stereocenters. The lowest BCUT2D eigenvalue weighted by Gasteiger charge is -2.28. The largest absolute Gasteiger partial charge is 0.468 e. The van der Waals surface area contributed by atoms with E-state index in [1.54, 1.807) is 13.3 Å². The smallest absolute Gasteiger partial charge is 0.191 e. The van der Waals surface area contributed by atoms with Crippen LogP contribution in [0.25, 0.3) is 0 Å². The van der Waals surface area contributed by atoms with Gasteiger partial charge in [0, 0.05) is 26.7 Å². The van der Waals surface area contributed by atoms with Crippen molar-refractivity contribution in [2.75, 3.05) is 46.4 Å². The monoisotopic (exact) mass is 352 g/mol. The highest BCUT2D eigenvalue weighted by molar-refractivity contribution is 5.79. The summed E-state index contributed by atoms with van der Waals surface area (Å²) in [5.74, 6) is 2.45. The summed E-state index contributed by atoms with van der Waals surface area (Å²) in [5, 5.41) is 6.70. The Morgan fingerprint density at radius 3 is 2.56 bits per heavy atom. The zero-order valence-electron chi connectivity index (χ0n) is 16.5. The van der Waals surface area contributed by atoms with E-state index >= 15 is 0 Å². The zero-order valence-corrected chi connectivity index (χ0v) is 16.5. The van der Waals surface area contributed by atoms with Gasteiger partial charge >= 0.3 is 0 Å². The van der Waals surface area contributed by atoms with E-state index in [1.165, 1.54) is 0 Å². The Labute approximate surface area is 153 Å². The van der Waals surface area contributed by atoms with Crippen LogP contribution in [-0.4, -0.2) is 57.3 Å². The Kier molecular flexibility index (Phi) is 11.0. The van der Waals surface area contributed by atoms with E-state index in [9.17, 15) is 0 Å². The van der Waals surface area contributed by atoms with Gasteiger partial charge in [0.15, 0.2) is 5.96 Å². The number of likely N-dealkylation sites (N-methyl/N-ethyl adjacent to an activating group) is 1. The average Bonchev–Trinajstić information content (AvgIpc) is 3.13. The molecule has 0 saturated carbocycles. The van der Waals surface area contributed by atoms with Gasteiger partial charge < -0.3 is 19.8 Å². The molecule has 144 valence electrons. The first-order valence-corrected chi connectivity index (χ1v) is 9.42. The van der Waals surface area contributed by atoms with Crippen molar-refractivity contribution >= 4 is 5.96 Å². The number of nitrogens with zero attached hydrogens (tertiary/aromatic N) is 2. The van der Waals surface area contributed by atoms with Gasteiger partial charge in [-0.15, -0.1) is 0 Å². The van der Waals surface area contributed by atoms with Crippen molar-refractivity contribution in [3.63, 3.8) is 0 Å². The molecule has 0 saturated heterocycles. The van der Waals surface area contributed by atoms with E-state index < -0.39 is 0 Å². The number of guanidine groups is 1. The Hall–Kier alpha value is -1.53. The Morgan fingerprint density at radius 2 is 2.00 bits per heavy atom. The molecule has 1 aromatic heterocycles. The number of aliphatic imine (C=N–C) groups is 1. The highest BCUT2D eigenvalue weighted by atomic mass is 16.5. The Balaban J connectivity index is 2.40. The van der Waals surface area contributed by atoms with Gasteiger partial charge in [-0.05, 0) is 37.6 Å². The van der Waals surface area contributed by atoms with Crippen molar-refractivity contribution in [2.24, 2.45) is 10.9 Å². The lowest BCUT2D eigenvalue weighted by atomic mass is 10.1. The van der Waals surface area contributed by atoms with Crippen LogP contribution < -0.4 is 10.6 Å². The van der Waals surface area contributed by atoms with Crippen LogP contribution in [0.3, 0.4) is 0 Å². The summed E-state index contributed by atoms with van der Waals surface area (Å²) in [6.45, 7) is 13.7. The molecule has 0 fully saturated rings. The van der Waals surface area contributed by atoms with E-state index in [-0.39, 0.29) is 6.04 Å². The van der Waals surface area contributed by atoms with Crippen LogP contribution in [0.5, 0.6) is 0 Å². The summed E-state index contributed by atoms with van der Waals surface area (Å²) in [5.41, 5.74) is 0. The lowest BCUT2D eigenvalue weighted by Crippen LogP contribution is -2.44. The number of ether oxygens (including phenoxy) is 1. The predicted molar refractivity (Wildman–Crippen MR) is 104 cm³/mol. The number of rotatable bonds is 12. The SMILES string of the molecule is CCN(CC)C(CNC(=NC)NCCOCCC(C)C)c1ccco1. The van der Waals surface area contributed by atoms with Crippen LogP contribution in [0.1, 0.15) is 45.9 Å². The maximum Gasteiger partial charge on any atom is 0.191 e. The van der Waals surface area contributed by atoms with Gasteiger partial charge in [-0.25, -0.2) is 0 Å². The minimum Gasteiger partial charge on any atom is -0.468 e. The molecule has 1 heterocycles. The quantitative estimate of drug-likeness (QED) is 0.344. The fraction of sp³-hybridized carbons (Fsp3) is 0.737. The molecule has 6 heteroatoms. The highest BCUT2D eigenvalue weighted by Gasteiger charge is 2.20. The van der Waals surface area contributed by atoms with Crippen molar-refractivity contribution in [3.05, 3.63) is 24.2 Å².